The van der Waals surface area contributed by atoms with Gasteiger partial charge in [0.25, 0.3) is 5.92 Å². The summed E-state index contributed by atoms with van der Waals surface area (Å²) >= 11 is 0. The van der Waals surface area contributed by atoms with E-state index in [2.05, 4.69) is 46.2 Å². The Balaban J connectivity index is 1.35. The zero-order valence-electron chi connectivity index (χ0n) is 16.3. The average Bonchev–Trinajstić information content (AvgIpc) is 2.98. The van der Waals surface area contributed by atoms with Gasteiger partial charge in [-0.1, -0.05) is 18.7 Å². The van der Waals surface area contributed by atoms with Crippen molar-refractivity contribution in [3.8, 4) is 5.69 Å². The van der Waals surface area contributed by atoms with Crippen LogP contribution in [0, 0.1) is 6.92 Å². The summed E-state index contributed by atoms with van der Waals surface area (Å²) in [5.74, 6) is -2.46. The lowest BCUT2D eigenvalue weighted by molar-refractivity contribution is -0.0952. The summed E-state index contributed by atoms with van der Waals surface area (Å²) in [4.78, 5) is 2.26. The Morgan fingerprint density at radius 1 is 1.18 bits per heavy atom. The third kappa shape index (κ3) is 3.74. The second-order valence-electron chi connectivity index (χ2n) is 7.88. The molecule has 0 radical (unpaired) electrons. The van der Waals surface area contributed by atoms with E-state index in [1.165, 1.54) is 0 Å². The first-order valence-electron chi connectivity index (χ1n) is 9.72. The first-order valence-corrected chi connectivity index (χ1v) is 9.72. The van der Waals surface area contributed by atoms with Gasteiger partial charge >= 0.3 is 0 Å². The van der Waals surface area contributed by atoms with Crippen molar-refractivity contribution in [2.24, 2.45) is 0 Å². The molecule has 1 aliphatic heterocycles. The molecule has 1 saturated carbocycles. The predicted octanol–water partition coefficient (Wildman–Crippen LogP) is 4.35. The van der Waals surface area contributed by atoms with Gasteiger partial charge in [-0.25, -0.2) is 13.5 Å². The number of rotatable bonds is 6. The van der Waals surface area contributed by atoms with Gasteiger partial charge in [0.2, 0.25) is 0 Å². The smallest absolute Gasteiger partial charge is 0.251 e. The van der Waals surface area contributed by atoms with Crippen LogP contribution in [0.15, 0.2) is 49.2 Å². The van der Waals surface area contributed by atoms with Gasteiger partial charge in [0, 0.05) is 49.9 Å². The molecule has 2 heterocycles. The van der Waals surface area contributed by atoms with E-state index in [9.17, 15) is 8.78 Å². The molecule has 148 valence electrons. The first-order chi connectivity index (χ1) is 13.3. The first kappa shape index (κ1) is 18.9. The summed E-state index contributed by atoms with van der Waals surface area (Å²) in [5.41, 5.74) is 5.03. The Hall–Kier alpha value is -2.47. The normalized spacial score (nSPS) is 19.6. The van der Waals surface area contributed by atoms with Crippen molar-refractivity contribution in [1.29, 1.82) is 0 Å². The molecule has 6 heteroatoms. The van der Waals surface area contributed by atoms with E-state index >= 15 is 0 Å². The van der Waals surface area contributed by atoms with Crippen molar-refractivity contribution in [1.82, 2.24) is 15.1 Å². The molecule has 1 aromatic carbocycles. The van der Waals surface area contributed by atoms with Crippen molar-refractivity contribution < 1.29 is 8.78 Å². The number of hydrogen-bond acceptors (Lipinski definition) is 3. The highest BCUT2D eigenvalue weighted by atomic mass is 19.3. The van der Waals surface area contributed by atoms with E-state index in [1.54, 1.807) is 0 Å². The van der Waals surface area contributed by atoms with E-state index in [1.807, 2.05) is 36.9 Å². The fourth-order valence-electron chi connectivity index (χ4n) is 3.91. The molecule has 1 saturated heterocycles. The number of alkyl halides is 2. The number of aromatic nitrogens is 2. The molecule has 0 amide bonds. The van der Waals surface area contributed by atoms with E-state index in [0.29, 0.717) is 6.04 Å². The Morgan fingerprint density at radius 3 is 2.43 bits per heavy atom. The number of hydrogen-bond donors (Lipinski definition) is 1. The summed E-state index contributed by atoms with van der Waals surface area (Å²) in [7, 11) is 0. The number of halogens is 2. The van der Waals surface area contributed by atoms with Crippen LogP contribution in [0.5, 0.6) is 0 Å². The second-order valence-corrected chi connectivity index (χ2v) is 7.88. The monoisotopic (exact) mass is 384 g/mol. The number of benzene rings is 1. The number of aryl methyl sites for hydroxylation is 1. The zero-order chi connectivity index (χ0) is 19.9. The van der Waals surface area contributed by atoms with Crippen LogP contribution in [0.25, 0.3) is 11.3 Å². The summed E-state index contributed by atoms with van der Waals surface area (Å²) < 4.78 is 27.7. The van der Waals surface area contributed by atoms with Crippen molar-refractivity contribution >= 4 is 11.3 Å². The molecule has 0 unspecified atom stereocenters. The molecule has 1 N–H and O–H groups in total. The third-order valence-electron chi connectivity index (χ3n) is 5.49. The van der Waals surface area contributed by atoms with Crippen LogP contribution in [0.3, 0.4) is 0 Å². The SMILES string of the molecule is C=C(/C=C\C)c1nn(-c2ccc(N3CC(NC4CC(F)(F)C4)C3)cc2)cc1C. The largest absolute Gasteiger partial charge is 0.368 e. The van der Waals surface area contributed by atoms with Crippen molar-refractivity contribution in [2.75, 3.05) is 18.0 Å². The molecular formula is C22H26F2N4. The molecule has 1 aromatic heterocycles. The van der Waals surface area contributed by atoms with Crippen LogP contribution in [0.2, 0.25) is 0 Å². The summed E-state index contributed by atoms with van der Waals surface area (Å²) in [5, 5.41) is 7.99. The van der Waals surface area contributed by atoms with Crippen LogP contribution in [-0.4, -0.2) is 40.9 Å². The highest BCUT2D eigenvalue weighted by molar-refractivity contribution is 5.71. The lowest BCUT2D eigenvalue weighted by Gasteiger charge is -2.46. The molecule has 4 rings (SSSR count). The highest BCUT2D eigenvalue weighted by Gasteiger charge is 2.46. The highest BCUT2D eigenvalue weighted by Crippen LogP contribution is 2.38. The summed E-state index contributed by atoms with van der Waals surface area (Å²) in [6, 6.07) is 8.55. The fourth-order valence-corrected chi connectivity index (χ4v) is 3.91. The van der Waals surface area contributed by atoms with Gasteiger partial charge < -0.3 is 10.2 Å². The van der Waals surface area contributed by atoms with E-state index < -0.39 is 5.92 Å². The van der Waals surface area contributed by atoms with E-state index in [4.69, 9.17) is 0 Å². The number of allylic oxidation sites excluding steroid dienone is 3. The van der Waals surface area contributed by atoms with Gasteiger partial charge in [0.1, 0.15) is 0 Å². The van der Waals surface area contributed by atoms with Crippen LogP contribution < -0.4 is 10.2 Å². The predicted molar refractivity (Wildman–Crippen MR) is 109 cm³/mol. The summed E-state index contributed by atoms with van der Waals surface area (Å²) in [6.45, 7) is 9.78. The molecule has 0 spiro atoms. The molecule has 4 nitrogen and oxygen atoms in total. The topological polar surface area (TPSA) is 33.1 Å². The average molecular weight is 384 g/mol. The Labute approximate surface area is 164 Å². The minimum atomic E-state index is -2.46. The molecule has 2 aliphatic rings. The quantitative estimate of drug-likeness (QED) is 0.752. The van der Waals surface area contributed by atoms with Gasteiger partial charge in [-0.2, -0.15) is 5.10 Å². The molecular weight excluding hydrogens is 358 g/mol. The van der Waals surface area contributed by atoms with Crippen LogP contribution in [-0.2, 0) is 0 Å². The Kier molecular flexibility index (Phi) is 4.83. The Morgan fingerprint density at radius 2 is 1.82 bits per heavy atom. The number of anilines is 1. The summed E-state index contributed by atoms with van der Waals surface area (Å²) in [6.07, 6.45) is 5.88. The fraction of sp³-hybridized carbons (Fsp3) is 0.409. The van der Waals surface area contributed by atoms with E-state index in [0.717, 1.165) is 41.3 Å². The maximum Gasteiger partial charge on any atom is 0.251 e. The maximum atomic E-state index is 12.9. The minimum absolute atomic E-state index is 0.0239. The van der Waals surface area contributed by atoms with Gasteiger partial charge in [0.15, 0.2) is 0 Å². The Bertz CT molecular complexity index is 884. The van der Waals surface area contributed by atoms with Gasteiger partial charge in [-0.3, -0.25) is 0 Å². The minimum Gasteiger partial charge on any atom is -0.368 e. The lowest BCUT2D eigenvalue weighted by Crippen LogP contribution is -2.63. The van der Waals surface area contributed by atoms with Gasteiger partial charge in [0.05, 0.1) is 11.4 Å². The molecule has 0 bridgehead atoms. The number of nitrogens with zero attached hydrogens (tertiary/aromatic N) is 3. The van der Waals surface area contributed by atoms with Gasteiger partial charge in [-0.05, 0) is 49.2 Å². The van der Waals surface area contributed by atoms with Crippen LogP contribution in [0.4, 0.5) is 14.5 Å². The lowest BCUT2D eigenvalue weighted by atomic mass is 9.87. The van der Waals surface area contributed by atoms with Crippen molar-refractivity contribution in [3.63, 3.8) is 0 Å². The number of nitrogens with one attached hydrogen (secondary N) is 1. The van der Waals surface area contributed by atoms with Crippen LogP contribution >= 0.6 is 0 Å². The third-order valence-corrected chi connectivity index (χ3v) is 5.49. The maximum absolute atomic E-state index is 12.9. The molecule has 1 aliphatic carbocycles. The van der Waals surface area contributed by atoms with Crippen molar-refractivity contribution in [3.05, 3.63) is 60.5 Å². The standard InChI is InChI=1S/C22H26F2N4/c1-4-5-15(2)21-16(3)12-28(26-21)20-8-6-19(7-9-20)27-13-18(14-27)25-17-10-22(23,24)11-17/h4-9,12,17-18,25H,2,10-11,13-14H2,1,3H3/b5-4-. The van der Waals surface area contributed by atoms with Crippen LogP contribution in [0.1, 0.15) is 31.0 Å². The molecule has 2 fully saturated rings. The van der Waals surface area contributed by atoms with Crippen molar-refractivity contribution in [2.45, 2.75) is 44.7 Å². The molecule has 0 atom stereocenters. The molecule has 2 aromatic rings. The molecule has 28 heavy (non-hydrogen) atoms. The van der Waals surface area contributed by atoms with E-state index in [-0.39, 0.29) is 18.9 Å². The second kappa shape index (κ2) is 7.17. The zero-order valence-corrected chi connectivity index (χ0v) is 16.3. The van der Waals surface area contributed by atoms with Gasteiger partial charge in [-0.15, -0.1) is 0 Å².